The Morgan fingerprint density at radius 3 is 2.58 bits per heavy atom. The van der Waals surface area contributed by atoms with Gasteiger partial charge in [0.15, 0.2) is 0 Å². The molecule has 2 heterocycles. The molecule has 2 aliphatic heterocycles. The van der Waals surface area contributed by atoms with E-state index < -0.39 is 18.0 Å². The Morgan fingerprint density at radius 2 is 2.00 bits per heavy atom. The normalized spacial score (nSPS) is 37.8. The van der Waals surface area contributed by atoms with Crippen molar-refractivity contribution in [1.82, 2.24) is 4.90 Å². The summed E-state index contributed by atoms with van der Waals surface area (Å²) in [6.45, 7) is 0. The molecule has 1 saturated carbocycles. The van der Waals surface area contributed by atoms with Gasteiger partial charge in [-0.1, -0.05) is 0 Å². The molecular formula is C13H17F3N2O. The second kappa shape index (κ2) is 4.15. The Balaban J connectivity index is 1.64. The van der Waals surface area contributed by atoms with E-state index >= 15 is 0 Å². The van der Waals surface area contributed by atoms with E-state index in [-0.39, 0.29) is 30.8 Å². The van der Waals surface area contributed by atoms with E-state index in [1.165, 1.54) is 0 Å². The summed E-state index contributed by atoms with van der Waals surface area (Å²) in [5.41, 5.74) is 6.60. The smallest absolute Gasteiger partial charge is 0.391 e. The van der Waals surface area contributed by atoms with Crippen LogP contribution in [0.3, 0.4) is 0 Å². The molecule has 3 nitrogen and oxygen atoms in total. The predicted molar refractivity (Wildman–Crippen MR) is 62.8 cm³/mol. The molecule has 0 aromatic rings. The Labute approximate surface area is 109 Å². The van der Waals surface area contributed by atoms with Crippen LogP contribution >= 0.6 is 0 Å². The van der Waals surface area contributed by atoms with Crippen LogP contribution in [-0.4, -0.2) is 29.1 Å². The molecule has 2 unspecified atom stereocenters. The Hall–Kier alpha value is -1.20. The van der Waals surface area contributed by atoms with Crippen molar-refractivity contribution in [3.63, 3.8) is 0 Å². The fraction of sp³-hybridized carbons (Fsp3) is 0.769. The Morgan fingerprint density at radius 1 is 1.32 bits per heavy atom. The summed E-state index contributed by atoms with van der Waals surface area (Å²) < 4.78 is 37.3. The van der Waals surface area contributed by atoms with Crippen LogP contribution in [-0.2, 0) is 4.79 Å². The molecular weight excluding hydrogens is 257 g/mol. The molecule has 1 aliphatic carbocycles. The SMILES string of the molecule is NC1=CC2CCC(C1)N2C(=O)C1CC(C(F)(F)F)C1. The van der Waals surface area contributed by atoms with Gasteiger partial charge in [-0.05, 0) is 31.8 Å². The fourth-order valence-corrected chi connectivity index (χ4v) is 3.50. The molecule has 19 heavy (non-hydrogen) atoms. The average Bonchev–Trinajstić information content (AvgIpc) is 2.46. The summed E-state index contributed by atoms with van der Waals surface area (Å²) in [5.74, 6) is -1.83. The first-order chi connectivity index (χ1) is 8.86. The van der Waals surface area contributed by atoms with Gasteiger partial charge in [0.2, 0.25) is 5.91 Å². The molecule has 2 bridgehead atoms. The fourth-order valence-electron chi connectivity index (χ4n) is 3.50. The number of carbonyl (C=O) groups is 1. The maximum Gasteiger partial charge on any atom is 0.391 e. The Kier molecular flexibility index (Phi) is 2.80. The second-order valence-electron chi connectivity index (χ2n) is 5.90. The summed E-state index contributed by atoms with van der Waals surface area (Å²) in [7, 11) is 0. The third-order valence-corrected chi connectivity index (χ3v) is 4.63. The monoisotopic (exact) mass is 274 g/mol. The summed E-state index contributed by atoms with van der Waals surface area (Å²) in [4.78, 5) is 14.1. The van der Waals surface area contributed by atoms with Crippen LogP contribution in [0.15, 0.2) is 11.8 Å². The summed E-state index contributed by atoms with van der Waals surface area (Å²) in [6.07, 6.45) is 0.103. The van der Waals surface area contributed by atoms with Gasteiger partial charge < -0.3 is 10.6 Å². The van der Waals surface area contributed by atoms with Crippen LogP contribution in [0.5, 0.6) is 0 Å². The first-order valence-electron chi connectivity index (χ1n) is 6.71. The average molecular weight is 274 g/mol. The van der Waals surface area contributed by atoms with Crippen LogP contribution in [0, 0.1) is 11.8 Å². The van der Waals surface area contributed by atoms with Gasteiger partial charge in [0.25, 0.3) is 0 Å². The number of rotatable bonds is 1. The number of hydrogen-bond acceptors (Lipinski definition) is 2. The number of fused-ring (bicyclic) bond motifs is 2. The van der Waals surface area contributed by atoms with E-state index in [4.69, 9.17) is 5.73 Å². The van der Waals surface area contributed by atoms with Crippen LogP contribution in [0.2, 0.25) is 0 Å². The largest absolute Gasteiger partial charge is 0.402 e. The molecule has 1 saturated heterocycles. The lowest BCUT2D eigenvalue weighted by Crippen LogP contribution is -2.51. The zero-order chi connectivity index (χ0) is 13.8. The first-order valence-corrected chi connectivity index (χ1v) is 6.71. The van der Waals surface area contributed by atoms with Crippen LogP contribution in [0.25, 0.3) is 0 Å². The number of amides is 1. The van der Waals surface area contributed by atoms with Crippen molar-refractivity contribution < 1.29 is 18.0 Å². The number of carbonyl (C=O) groups excluding carboxylic acids is 1. The van der Waals surface area contributed by atoms with E-state index in [2.05, 4.69) is 0 Å². The summed E-state index contributed by atoms with van der Waals surface area (Å²) in [5, 5.41) is 0. The number of nitrogens with zero attached hydrogens (tertiary/aromatic N) is 1. The molecule has 6 heteroatoms. The van der Waals surface area contributed by atoms with Crippen LogP contribution in [0.4, 0.5) is 13.2 Å². The molecule has 106 valence electrons. The molecule has 2 N–H and O–H groups in total. The third kappa shape index (κ3) is 2.11. The molecule has 2 atom stereocenters. The van der Waals surface area contributed by atoms with Crippen molar-refractivity contribution in [2.45, 2.75) is 50.4 Å². The van der Waals surface area contributed by atoms with Crippen molar-refractivity contribution >= 4 is 5.91 Å². The highest BCUT2D eigenvalue weighted by Gasteiger charge is 2.52. The van der Waals surface area contributed by atoms with Crippen molar-refractivity contribution in [2.75, 3.05) is 0 Å². The van der Waals surface area contributed by atoms with Crippen LogP contribution < -0.4 is 5.73 Å². The Bertz CT molecular complexity index is 426. The minimum Gasteiger partial charge on any atom is -0.402 e. The maximum atomic E-state index is 12.4. The zero-order valence-corrected chi connectivity index (χ0v) is 10.5. The van der Waals surface area contributed by atoms with E-state index in [0.717, 1.165) is 18.5 Å². The van der Waals surface area contributed by atoms with Crippen LogP contribution in [0.1, 0.15) is 32.1 Å². The minimum absolute atomic E-state index is 0.0104. The standard InChI is InChI=1S/C13H17F3N2O/c14-13(15,16)8-3-7(4-8)12(19)18-10-1-2-11(18)6-9(17)5-10/h5,7-8,10-11H,1-4,6,17H2. The quantitative estimate of drug-likeness (QED) is 0.796. The maximum absolute atomic E-state index is 12.4. The van der Waals surface area contributed by atoms with Gasteiger partial charge in [0, 0.05) is 24.1 Å². The lowest BCUT2D eigenvalue weighted by atomic mass is 9.73. The van der Waals surface area contributed by atoms with E-state index in [1.807, 2.05) is 6.08 Å². The number of nitrogens with two attached hydrogens (primary N) is 1. The summed E-state index contributed by atoms with van der Waals surface area (Å²) >= 11 is 0. The van der Waals surface area contributed by atoms with Gasteiger partial charge in [-0.15, -0.1) is 0 Å². The highest BCUT2D eigenvalue weighted by molar-refractivity contribution is 5.81. The number of halogens is 3. The molecule has 0 aromatic carbocycles. The highest BCUT2D eigenvalue weighted by atomic mass is 19.4. The molecule has 0 aromatic heterocycles. The number of hydrogen-bond donors (Lipinski definition) is 1. The lowest BCUT2D eigenvalue weighted by molar-refractivity contribution is -0.206. The second-order valence-corrected chi connectivity index (χ2v) is 5.90. The zero-order valence-electron chi connectivity index (χ0n) is 10.5. The van der Waals surface area contributed by atoms with Gasteiger partial charge in [-0.2, -0.15) is 13.2 Å². The predicted octanol–water partition coefficient (Wildman–Crippen LogP) is 2.18. The highest BCUT2D eigenvalue weighted by Crippen LogP contribution is 2.47. The van der Waals surface area contributed by atoms with Crippen molar-refractivity contribution in [1.29, 1.82) is 0 Å². The topological polar surface area (TPSA) is 46.3 Å². The van der Waals surface area contributed by atoms with Gasteiger partial charge >= 0.3 is 6.18 Å². The van der Waals surface area contributed by atoms with Crippen molar-refractivity contribution in [3.05, 3.63) is 11.8 Å². The van der Waals surface area contributed by atoms with Gasteiger partial charge in [0.1, 0.15) is 0 Å². The van der Waals surface area contributed by atoms with Crippen molar-refractivity contribution in [3.8, 4) is 0 Å². The molecule has 3 rings (SSSR count). The molecule has 2 fully saturated rings. The van der Waals surface area contributed by atoms with Gasteiger partial charge in [0.05, 0.1) is 12.0 Å². The molecule has 0 spiro atoms. The lowest BCUT2D eigenvalue weighted by Gasteiger charge is -2.41. The summed E-state index contributed by atoms with van der Waals surface area (Å²) in [6, 6.07) is 0.114. The molecule has 1 amide bonds. The molecule has 0 radical (unpaired) electrons. The number of alkyl halides is 3. The van der Waals surface area contributed by atoms with Gasteiger partial charge in [-0.25, -0.2) is 0 Å². The van der Waals surface area contributed by atoms with E-state index in [1.54, 1.807) is 4.90 Å². The first kappa shape index (κ1) is 12.8. The van der Waals surface area contributed by atoms with E-state index in [0.29, 0.717) is 6.42 Å². The van der Waals surface area contributed by atoms with E-state index in [9.17, 15) is 18.0 Å². The van der Waals surface area contributed by atoms with Crippen molar-refractivity contribution in [2.24, 2.45) is 17.6 Å². The van der Waals surface area contributed by atoms with Gasteiger partial charge in [-0.3, -0.25) is 4.79 Å². The molecule has 3 aliphatic rings. The third-order valence-electron chi connectivity index (χ3n) is 4.63. The minimum atomic E-state index is -4.15.